The van der Waals surface area contributed by atoms with E-state index in [-0.39, 0.29) is 5.91 Å². The Hall–Kier alpha value is -1.99. The highest BCUT2D eigenvalue weighted by atomic mass is 32.1. The van der Waals surface area contributed by atoms with Crippen molar-refractivity contribution in [2.75, 3.05) is 5.32 Å². The lowest BCUT2D eigenvalue weighted by molar-refractivity contribution is 0.102. The summed E-state index contributed by atoms with van der Waals surface area (Å²) >= 11 is 3.01. The van der Waals surface area contributed by atoms with Crippen molar-refractivity contribution in [3.63, 3.8) is 0 Å². The van der Waals surface area contributed by atoms with Crippen LogP contribution >= 0.6 is 22.7 Å². The summed E-state index contributed by atoms with van der Waals surface area (Å²) in [7, 11) is 0. The number of nitrogens with zero attached hydrogens (tertiary/aromatic N) is 2. The third-order valence-corrected chi connectivity index (χ3v) is 4.41. The predicted octanol–water partition coefficient (Wildman–Crippen LogP) is 3.16. The van der Waals surface area contributed by atoms with E-state index < -0.39 is 0 Å². The first-order valence-corrected chi connectivity index (χ1v) is 7.30. The predicted molar refractivity (Wildman–Crippen MR) is 76.7 cm³/mol. The summed E-state index contributed by atoms with van der Waals surface area (Å²) in [6.45, 7) is 1.84. The molecule has 3 rings (SSSR count). The van der Waals surface area contributed by atoms with Crippen LogP contribution in [0, 0.1) is 6.92 Å². The van der Waals surface area contributed by atoms with Crippen LogP contribution in [-0.2, 0) is 0 Å². The number of H-pyrrole nitrogens is 1. The third-order valence-electron chi connectivity index (χ3n) is 2.52. The third kappa shape index (κ3) is 2.42. The molecular weight excluding hydrogens is 280 g/mol. The standard InChI is InChI=1S/C12H10N4OS2/c1-7-10(11(17)15-9-2-4-13-16-9)19-12(14-7)8-3-5-18-6-8/h2-6H,1H3,(H2,13,15,16,17). The summed E-state index contributed by atoms with van der Waals surface area (Å²) in [5.74, 6) is 0.413. The Labute approximate surface area is 117 Å². The molecule has 5 nitrogen and oxygen atoms in total. The molecule has 0 unspecified atom stereocenters. The van der Waals surface area contributed by atoms with E-state index in [0.717, 1.165) is 16.3 Å². The van der Waals surface area contributed by atoms with Gasteiger partial charge in [0.15, 0.2) is 0 Å². The number of carbonyl (C=O) groups is 1. The van der Waals surface area contributed by atoms with Gasteiger partial charge in [0, 0.05) is 17.0 Å². The molecule has 3 heterocycles. The number of thiophene rings is 1. The van der Waals surface area contributed by atoms with E-state index in [0.29, 0.717) is 10.7 Å². The number of aromatic amines is 1. The number of aromatic nitrogens is 3. The maximum Gasteiger partial charge on any atom is 0.268 e. The maximum atomic E-state index is 12.1. The Morgan fingerprint density at radius 3 is 3.00 bits per heavy atom. The zero-order valence-electron chi connectivity index (χ0n) is 10.0. The molecule has 0 atom stereocenters. The van der Waals surface area contributed by atoms with Gasteiger partial charge in [-0.2, -0.15) is 16.4 Å². The van der Waals surface area contributed by atoms with E-state index in [1.54, 1.807) is 23.6 Å². The number of nitrogens with one attached hydrogen (secondary N) is 2. The van der Waals surface area contributed by atoms with E-state index in [9.17, 15) is 4.79 Å². The number of anilines is 1. The molecule has 0 bridgehead atoms. The van der Waals surface area contributed by atoms with Crippen LogP contribution in [0.2, 0.25) is 0 Å². The van der Waals surface area contributed by atoms with E-state index in [1.807, 2.05) is 23.8 Å². The highest BCUT2D eigenvalue weighted by Crippen LogP contribution is 2.29. The summed E-state index contributed by atoms with van der Waals surface area (Å²) in [4.78, 5) is 17.2. The fraction of sp³-hybridized carbons (Fsp3) is 0.0833. The summed E-state index contributed by atoms with van der Waals surface area (Å²) in [6.07, 6.45) is 1.59. The molecular formula is C12H10N4OS2. The number of aryl methyl sites for hydroxylation is 1. The van der Waals surface area contributed by atoms with E-state index in [2.05, 4.69) is 20.5 Å². The molecule has 0 aromatic carbocycles. The largest absolute Gasteiger partial charge is 0.306 e. The Morgan fingerprint density at radius 1 is 1.42 bits per heavy atom. The van der Waals surface area contributed by atoms with Crippen molar-refractivity contribution in [1.82, 2.24) is 15.2 Å². The summed E-state index contributed by atoms with van der Waals surface area (Å²) < 4.78 is 0. The number of rotatable bonds is 3. The van der Waals surface area contributed by atoms with Crippen LogP contribution in [0.4, 0.5) is 5.82 Å². The lowest BCUT2D eigenvalue weighted by atomic mass is 10.3. The SMILES string of the molecule is Cc1nc(-c2ccsc2)sc1C(=O)Nc1ccn[nH]1. The van der Waals surface area contributed by atoms with Crippen molar-refractivity contribution in [2.24, 2.45) is 0 Å². The molecule has 7 heteroatoms. The zero-order valence-corrected chi connectivity index (χ0v) is 11.6. The van der Waals surface area contributed by atoms with Crippen molar-refractivity contribution < 1.29 is 4.79 Å². The van der Waals surface area contributed by atoms with Crippen molar-refractivity contribution in [3.8, 4) is 10.6 Å². The zero-order chi connectivity index (χ0) is 13.2. The number of carbonyl (C=O) groups excluding carboxylic acids is 1. The molecule has 19 heavy (non-hydrogen) atoms. The van der Waals surface area contributed by atoms with Crippen molar-refractivity contribution in [1.29, 1.82) is 0 Å². The van der Waals surface area contributed by atoms with Gasteiger partial charge in [-0.05, 0) is 18.4 Å². The quantitative estimate of drug-likeness (QED) is 0.778. The van der Waals surface area contributed by atoms with Crippen LogP contribution in [0.5, 0.6) is 0 Å². The molecule has 0 radical (unpaired) electrons. The van der Waals surface area contributed by atoms with Crippen LogP contribution in [0.15, 0.2) is 29.1 Å². The molecule has 0 saturated carbocycles. The highest BCUT2D eigenvalue weighted by molar-refractivity contribution is 7.17. The molecule has 3 aromatic heterocycles. The van der Waals surface area contributed by atoms with Gasteiger partial charge in [0.1, 0.15) is 15.7 Å². The minimum atomic E-state index is -0.166. The molecule has 0 saturated heterocycles. The molecule has 1 amide bonds. The minimum absolute atomic E-state index is 0.166. The second-order valence-electron chi connectivity index (χ2n) is 3.87. The highest BCUT2D eigenvalue weighted by Gasteiger charge is 2.16. The number of hydrogen-bond donors (Lipinski definition) is 2. The molecule has 3 aromatic rings. The lowest BCUT2D eigenvalue weighted by Gasteiger charge is -1.99. The Morgan fingerprint density at radius 2 is 2.32 bits per heavy atom. The fourth-order valence-electron chi connectivity index (χ4n) is 1.62. The smallest absolute Gasteiger partial charge is 0.268 e. The van der Waals surface area contributed by atoms with Crippen LogP contribution < -0.4 is 5.32 Å². The Bertz CT molecular complexity index is 685. The van der Waals surface area contributed by atoms with Crippen molar-refractivity contribution in [3.05, 3.63) is 39.7 Å². The average molecular weight is 290 g/mol. The molecule has 96 valence electrons. The van der Waals surface area contributed by atoms with Gasteiger partial charge < -0.3 is 5.32 Å². The monoisotopic (exact) mass is 290 g/mol. The average Bonchev–Trinajstić information content (AvgIpc) is 3.07. The number of hydrogen-bond acceptors (Lipinski definition) is 5. The van der Waals surface area contributed by atoms with Crippen LogP contribution in [0.1, 0.15) is 15.4 Å². The van der Waals surface area contributed by atoms with Gasteiger partial charge in [-0.1, -0.05) is 0 Å². The van der Waals surface area contributed by atoms with E-state index in [1.165, 1.54) is 11.3 Å². The number of thiazole rings is 1. The van der Waals surface area contributed by atoms with Gasteiger partial charge in [0.25, 0.3) is 5.91 Å². The maximum absolute atomic E-state index is 12.1. The first kappa shape index (κ1) is 12.1. The van der Waals surface area contributed by atoms with Crippen LogP contribution in [-0.4, -0.2) is 21.1 Å². The van der Waals surface area contributed by atoms with Gasteiger partial charge in [0.2, 0.25) is 0 Å². The minimum Gasteiger partial charge on any atom is -0.306 e. The second-order valence-corrected chi connectivity index (χ2v) is 5.65. The lowest BCUT2D eigenvalue weighted by Crippen LogP contribution is -2.11. The van der Waals surface area contributed by atoms with Crippen LogP contribution in [0.25, 0.3) is 10.6 Å². The first-order chi connectivity index (χ1) is 9.24. The first-order valence-electron chi connectivity index (χ1n) is 5.55. The Balaban J connectivity index is 1.87. The summed E-state index contributed by atoms with van der Waals surface area (Å²) in [5.41, 5.74) is 1.79. The van der Waals surface area contributed by atoms with E-state index >= 15 is 0 Å². The second kappa shape index (κ2) is 4.94. The fourth-order valence-corrected chi connectivity index (χ4v) is 3.29. The van der Waals surface area contributed by atoms with Gasteiger partial charge in [0.05, 0.1) is 11.9 Å². The van der Waals surface area contributed by atoms with E-state index in [4.69, 9.17) is 0 Å². The van der Waals surface area contributed by atoms with Gasteiger partial charge >= 0.3 is 0 Å². The molecule has 0 aliphatic heterocycles. The summed E-state index contributed by atoms with van der Waals surface area (Å²) in [5, 5.41) is 14.1. The number of amides is 1. The molecule has 0 aliphatic rings. The van der Waals surface area contributed by atoms with Gasteiger partial charge in [-0.15, -0.1) is 11.3 Å². The van der Waals surface area contributed by atoms with Gasteiger partial charge in [-0.3, -0.25) is 9.89 Å². The van der Waals surface area contributed by atoms with Crippen LogP contribution in [0.3, 0.4) is 0 Å². The topological polar surface area (TPSA) is 70.7 Å². The van der Waals surface area contributed by atoms with Crippen molar-refractivity contribution >= 4 is 34.4 Å². The van der Waals surface area contributed by atoms with Crippen molar-refractivity contribution in [2.45, 2.75) is 6.92 Å². The molecule has 2 N–H and O–H groups in total. The molecule has 0 spiro atoms. The summed E-state index contributed by atoms with van der Waals surface area (Å²) in [6, 6.07) is 3.70. The molecule has 0 aliphatic carbocycles. The normalized spacial score (nSPS) is 10.6. The molecule has 0 fully saturated rings. The van der Waals surface area contributed by atoms with Gasteiger partial charge in [-0.25, -0.2) is 4.98 Å². The Kier molecular flexibility index (Phi) is 3.14.